The summed E-state index contributed by atoms with van der Waals surface area (Å²) in [5.74, 6) is 0.964. The van der Waals surface area contributed by atoms with Gasteiger partial charge in [-0.15, -0.1) is 23.2 Å². The number of hydrogen-bond acceptors (Lipinski definition) is 1. The zero-order valence-corrected chi connectivity index (χ0v) is 12.9. The lowest BCUT2D eigenvalue weighted by Crippen LogP contribution is -2.27. The Bertz CT molecular complexity index is 322. The second-order valence-electron chi connectivity index (χ2n) is 3.27. The maximum absolute atomic E-state index is 6.02. The van der Waals surface area contributed by atoms with Crippen molar-refractivity contribution in [1.82, 2.24) is 0 Å². The molecule has 0 spiro atoms. The van der Waals surface area contributed by atoms with E-state index >= 15 is 0 Å². The van der Waals surface area contributed by atoms with Crippen LogP contribution in [0.15, 0.2) is 24.3 Å². The van der Waals surface area contributed by atoms with Crippen LogP contribution in [0.3, 0.4) is 0 Å². The Labute approximate surface area is 125 Å². The van der Waals surface area contributed by atoms with Gasteiger partial charge in [-0.1, -0.05) is 52.4 Å². The SMILES string of the molecule is ClCC(I)C(CCl)OCc1ccccc1Cl. The summed E-state index contributed by atoms with van der Waals surface area (Å²) in [6.07, 6.45) is -0.0453. The van der Waals surface area contributed by atoms with Gasteiger partial charge in [0.25, 0.3) is 0 Å². The van der Waals surface area contributed by atoms with Gasteiger partial charge in [0.1, 0.15) is 0 Å². The summed E-state index contributed by atoms with van der Waals surface area (Å²) in [6, 6.07) is 7.61. The maximum Gasteiger partial charge on any atom is 0.0843 e. The average molecular weight is 393 g/mol. The largest absolute Gasteiger partial charge is 0.371 e. The van der Waals surface area contributed by atoms with Gasteiger partial charge < -0.3 is 4.74 Å². The Balaban J connectivity index is 2.53. The minimum Gasteiger partial charge on any atom is -0.371 e. The van der Waals surface area contributed by atoms with E-state index in [1.165, 1.54) is 0 Å². The number of hydrogen-bond donors (Lipinski definition) is 0. The predicted molar refractivity (Wildman–Crippen MR) is 79.3 cm³/mol. The lowest BCUT2D eigenvalue weighted by atomic mass is 10.2. The summed E-state index contributed by atoms with van der Waals surface area (Å²) < 4.78 is 5.91. The van der Waals surface area contributed by atoms with Crippen LogP contribution in [0.2, 0.25) is 5.02 Å². The Morgan fingerprint density at radius 2 is 1.88 bits per heavy atom. The third-order valence-electron chi connectivity index (χ3n) is 2.11. The van der Waals surface area contributed by atoms with Gasteiger partial charge in [-0.05, 0) is 11.6 Å². The monoisotopic (exact) mass is 392 g/mol. The van der Waals surface area contributed by atoms with Crippen LogP contribution in [0.1, 0.15) is 5.56 Å². The number of ether oxygens (including phenoxy) is 1. The van der Waals surface area contributed by atoms with E-state index in [4.69, 9.17) is 39.5 Å². The summed E-state index contributed by atoms with van der Waals surface area (Å²) in [6.45, 7) is 0.466. The van der Waals surface area contributed by atoms with Gasteiger partial charge in [0.05, 0.1) is 16.6 Å². The van der Waals surface area contributed by atoms with Crippen molar-refractivity contribution in [3.05, 3.63) is 34.9 Å². The van der Waals surface area contributed by atoms with Crippen LogP contribution in [0, 0.1) is 0 Å². The molecule has 0 aliphatic rings. The standard InChI is InChI=1S/C11H12Cl3IO/c12-5-10(15)11(6-13)16-7-8-3-1-2-4-9(8)14/h1-4,10-11H,5-7H2. The first kappa shape index (κ1) is 14.8. The fourth-order valence-corrected chi connectivity index (χ4v) is 2.61. The van der Waals surface area contributed by atoms with Crippen molar-refractivity contribution in [3.63, 3.8) is 0 Å². The molecule has 0 N–H and O–H groups in total. The fourth-order valence-electron chi connectivity index (χ4n) is 1.16. The maximum atomic E-state index is 6.02. The molecule has 0 amide bonds. The third kappa shape index (κ3) is 4.57. The van der Waals surface area contributed by atoms with E-state index in [-0.39, 0.29) is 10.0 Å². The number of benzene rings is 1. The zero-order chi connectivity index (χ0) is 12.0. The predicted octanol–water partition coefficient (Wildman–Crippen LogP) is 4.51. The molecule has 0 fully saturated rings. The fraction of sp³-hybridized carbons (Fsp3) is 0.455. The number of rotatable bonds is 6. The van der Waals surface area contributed by atoms with Crippen LogP contribution in [0.5, 0.6) is 0 Å². The van der Waals surface area contributed by atoms with Crippen molar-refractivity contribution in [2.45, 2.75) is 16.6 Å². The topological polar surface area (TPSA) is 9.23 Å². The summed E-state index contributed by atoms with van der Waals surface area (Å²) in [5.41, 5.74) is 0.970. The molecule has 2 atom stereocenters. The molecule has 1 nitrogen and oxygen atoms in total. The number of alkyl halides is 3. The van der Waals surface area contributed by atoms with Gasteiger partial charge in [-0.2, -0.15) is 0 Å². The van der Waals surface area contributed by atoms with Gasteiger partial charge in [0.15, 0.2) is 0 Å². The van der Waals surface area contributed by atoms with E-state index in [1.807, 2.05) is 24.3 Å². The minimum absolute atomic E-state index is 0.0453. The minimum atomic E-state index is -0.0453. The van der Waals surface area contributed by atoms with E-state index in [1.54, 1.807) is 0 Å². The molecule has 1 aromatic rings. The van der Waals surface area contributed by atoms with Crippen LogP contribution < -0.4 is 0 Å². The zero-order valence-electron chi connectivity index (χ0n) is 8.51. The highest BCUT2D eigenvalue weighted by Gasteiger charge is 2.17. The quantitative estimate of drug-likeness (QED) is 0.511. The molecule has 0 radical (unpaired) electrons. The molecule has 0 aliphatic carbocycles. The molecular formula is C11H12Cl3IO. The Hall–Kier alpha value is 0.780. The van der Waals surface area contributed by atoms with E-state index in [2.05, 4.69) is 22.6 Å². The normalized spacial score (nSPS) is 14.8. The van der Waals surface area contributed by atoms with Crippen molar-refractivity contribution in [3.8, 4) is 0 Å². The van der Waals surface area contributed by atoms with Crippen LogP contribution in [0.25, 0.3) is 0 Å². The lowest BCUT2D eigenvalue weighted by molar-refractivity contribution is 0.0600. The van der Waals surface area contributed by atoms with Gasteiger partial charge in [-0.3, -0.25) is 0 Å². The smallest absolute Gasteiger partial charge is 0.0843 e. The van der Waals surface area contributed by atoms with E-state index in [0.29, 0.717) is 23.4 Å². The highest BCUT2D eigenvalue weighted by molar-refractivity contribution is 14.1. The molecule has 0 bridgehead atoms. The van der Waals surface area contributed by atoms with Crippen LogP contribution in [0.4, 0.5) is 0 Å². The number of halogens is 4. The highest BCUT2D eigenvalue weighted by atomic mass is 127. The molecular weight excluding hydrogens is 381 g/mol. The Morgan fingerprint density at radius 1 is 1.19 bits per heavy atom. The molecule has 1 rings (SSSR count). The van der Waals surface area contributed by atoms with E-state index < -0.39 is 0 Å². The van der Waals surface area contributed by atoms with Crippen molar-refractivity contribution in [2.75, 3.05) is 11.8 Å². The van der Waals surface area contributed by atoms with Gasteiger partial charge >= 0.3 is 0 Å². The van der Waals surface area contributed by atoms with Gasteiger partial charge in [0, 0.05) is 16.8 Å². The highest BCUT2D eigenvalue weighted by Crippen LogP contribution is 2.19. The molecule has 1 aromatic carbocycles. The van der Waals surface area contributed by atoms with Crippen molar-refractivity contribution < 1.29 is 4.74 Å². The Morgan fingerprint density at radius 3 is 2.44 bits per heavy atom. The second kappa shape index (κ2) is 7.98. The van der Waals surface area contributed by atoms with Crippen LogP contribution in [-0.2, 0) is 11.3 Å². The molecule has 0 saturated heterocycles. The second-order valence-corrected chi connectivity index (χ2v) is 5.89. The van der Waals surface area contributed by atoms with Crippen molar-refractivity contribution >= 4 is 57.4 Å². The molecule has 0 heterocycles. The third-order valence-corrected chi connectivity index (χ3v) is 4.88. The van der Waals surface area contributed by atoms with Gasteiger partial charge in [-0.25, -0.2) is 0 Å². The van der Waals surface area contributed by atoms with Crippen molar-refractivity contribution in [2.24, 2.45) is 0 Å². The summed E-state index contributed by atoms with van der Waals surface area (Å²) in [5, 5.41) is 0.715. The molecule has 0 saturated carbocycles. The first-order valence-corrected chi connectivity index (χ1v) is 7.49. The van der Waals surface area contributed by atoms with E-state index in [9.17, 15) is 0 Å². The molecule has 16 heavy (non-hydrogen) atoms. The molecule has 0 aromatic heterocycles. The molecule has 90 valence electrons. The first-order chi connectivity index (χ1) is 7.69. The average Bonchev–Trinajstić information content (AvgIpc) is 2.31. The van der Waals surface area contributed by atoms with Gasteiger partial charge in [0.2, 0.25) is 0 Å². The summed E-state index contributed by atoms with van der Waals surface area (Å²) in [4.78, 5) is 0. The first-order valence-electron chi connectivity index (χ1n) is 4.80. The summed E-state index contributed by atoms with van der Waals surface area (Å²) >= 11 is 19.9. The van der Waals surface area contributed by atoms with Crippen LogP contribution >= 0.6 is 57.4 Å². The Kier molecular flexibility index (Phi) is 7.40. The summed E-state index contributed by atoms with van der Waals surface area (Å²) in [7, 11) is 0. The van der Waals surface area contributed by atoms with Crippen LogP contribution in [-0.4, -0.2) is 21.8 Å². The van der Waals surface area contributed by atoms with E-state index in [0.717, 1.165) is 5.56 Å². The molecule has 0 aliphatic heterocycles. The van der Waals surface area contributed by atoms with Crippen molar-refractivity contribution in [1.29, 1.82) is 0 Å². The molecule has 5 heteroatoms. The lowest BCUT2D eigenvalue weighted by Gasteiger charge is -2.19. The molecule has 2 unspecified atom stereocenters.